The first-order valence-corrected chi connectivity index (χ1v) is 13.5. The van der Waals surface area contributed by atoms with Crippen LogP contribution < -0.4 is 26.2 Å². The van der Waals surface area contributed by atoms with E-state index in [4.69, 9.17) is 10.3 Å². The molecule has 0 unspecified atom stereocenters. The standard InChI is InChI=1S/C7H15N3O3S.C5H7N3O.C5H12N2O2S.ClH/c1-9-7(11)10-4-2-6(3-5-10)14(8,12)13;1-6-5(9)8-3-2-7-4-8;6-10(8,9)5-1-3-7-4-2-5;/h6H,2-5H2,1H3,(H,9,11)(H2,8,12,13);2-4H,1H3,(H,6,9);5,7H,1-4H2,(H2,6,8,9);1H. The Kier molecular flexibility index (Phi) is 14.2. The summed E-state index contributed by atoms with van der Waals surface area (Å²) in [5.74, 6) is 0. The van der Waals surface area contributed by atoms with Crippen LogP contribution in [0.2, 0.25) is 0 Å². The largest absolute Gasteiger partial charge is 0.341 e. The molecule has 0 radical (unpaired) electrons. The van der Waals surface area contributed by atoms with E-state index in [-0.39, 0.29) is 29.7 Å². The highest BCUT2D eigenvalue weighted by Gasteiger charge is 2.28. The maximum absolute atomic E-state index is 11.2. The van der Waals surface area contributed by atoms with Gasteiger partial charge in [0.15, 0.2) is 0 Å². The number of amides is 3. The van der Waals surface area contributed by atoms with Crippen molar-refractivity contribution < 1.29 is 26.4 Å². The second-order valence-electron chi connectivity index (χ2n) is 7.39. The van der Waals surface area contributed by atoms with Crippen LogP contribution in [0.15, 0.2) is 18.7 Å². The third-order valence-corrected chi connectivity index (χ3v) is 7.91. The molecule has 2 aliphatic heterocycles. The third kappa shape index (κ3) is 11.4. The van der Waals surface area contributed by atoms with Crippen LogP contribution in [0.1, 0.15) is 25.7 Å². The molecular formula is C17H35ClN8O6S2. The van der Waals surface area contributed by atoms with Gasteiger partial charge in [0.2, 0.25) is 20.0 Å². The highest BCUT2D eigenvalue weighted by Crippen LogP contribution is 2.15. The van der Waals surface area contributed by atoms with E-state index >= 15 is 0 Å². The predicted molar refractivity (Wildman–Crippen MR) is 130 cm³/mol. The molecule has 3 heterocycles. The van der Waals surface area contributed by atoms with Gasteiger partial charge in [0.25, 0.3) is 0 Å². The van der Waals surface area contributed by atoms with Gasteiger partial charge in [-0.3, -0.25) is 4.57 Å². The second-order valence-corrected chi connectivity index (χ2v) is 11.1. The molecule has 2 saturated heterocycles. The molecule has 7 N–H and O–H groups in total. The summed E-state index contributed by atoms with van der Waals surface area (Å²) in [6.07, 6.45) is 6.73. The van der Waals surface area contributed by atoms with Gasteiger partial charge in [-0.05, 0) is 38.8 Å². The Morgan fingerprint density at radius 3 is 1.74 bits per heavy atom. The zero-order valence-corrected chi connectivity index (χ0v) is 21.7. The van der Waals surface area contributed by atoms with E-state index in [0.29, 0.717) is 38.8 Å². The van der Waals surface area contributed by atoms with Gasteiger partial charge in [0.1, 0.15) is 6.33 Å². The van der Waals surface area contributed by atoms with Crippen LogP contribution in [0.4, 0.5) is 9.59 Å². The van der Waals surface area contributed by atoms with Gasteiger partial charge in [-0.15, -0.1) is 12.4 Å². The summed E-state index contributed by atoms with van der Waals surface area (Å²) in [5, 5.41) is 17.2. The fourth-order valence-corrected chi connectivity index (χ4v) is 4.94. The molecule has 0 bridgehead atoms. The molecule has 0 saturated carbocycles. The highest BCUT2D eigenvalue weighted by molar-refractivity contribution is 7.90. The van der Waals surface area contributed by atoms with Crippen molar-refractivity contribution in [3.63, 3.8) is 0 Å². The van der Waals surface area contributed by atoms with Crippen LogP contribution in [-0.2, 0) is 20.0 Å². The maximum Gasteiger partial charge on any atom is 0.326 e. The Balaban J connectivity index is 0.000000487. The third-order valence-electron chi connectivity index (χ3n) is 5.11. The van der Waals surface area contributed by atoms with Gasteiger partial charge in [0, 0.05) is 39.6 Å². The van der Waals surface area contributed by atoms with Crippen LogP contribution in [0, 0.1) is 0 Å². The first-order valence-electron chi connectivity index (χ1n) is 10.3. The average molecular weight is 547 g/mol. The van der Waals surface area contributed by atoms with Crippen molar-refractivity contribution in [1.82, 2.24) is 30.4 Å². The number of sulfonamides is 2. The number of halogens is 1. The first-order chi connectivity index (χ1) is 15.4. The smallest absolute Gasteiger partial charge is 0.326 e. The summed E-state index contributed by atoms with van der Waals surface area (Å²) in [7, 11) is -3.58. The second kappa shape index (κ2) is 15.1. The SMILES string of the molecule is CNC(=O)N1CCC(S(N)(=O)=O)CC1.CNC(=O)n1ccnc1.Cl.NS(=O)(=O)C1CCNCC1. The molecule has 2 aliphatic rings. The number of carbonyl (C=O) groups excluding carboxylic acids is 2. The monoisotopic (exact) mass is 546 g/mol. The molecule has 2 fully saturated rings. The van der Waals surface area contributed by atoms with E-state index in [1.165, 1.54) is 10.9 Å². The fourth-order valence-electron chi connectivity index (χ4n) is 3.18. The number of rotatable bonds is 2. The molecule has 3 rings (SSSR count). The molecule has 1 aromatic rings. The average Bonchev–Trinajstić information content (AvgIpc) is 3.33. The van der Waals surface area contributed by atoms with Gasteiger partial charge in [-0.2, -0.15) is 0 Å². The highest BCUT2D eigenvalue weighted by atomic mass is 35.5. The van der Waals surface area contributed by atoms with Gasteiger partial charge in [0.05, 0.1) is 10.5 Å². The normalized spacial score (nSPS) is 17.1. The molecular weight excluding hydrogens is 512 g/mol. The lowest BCUT2D eigenvalue weighted by molar-refractivity contribution is 0.189. The molecule has 1 aromatic heterocycles. The lowest BCUT2D eigenvalue weighted by Crippen LogP contribution is -2.47. The molecule has 14 nitrogen and oxygen atoms in total. The van der Waals surface area contributed by atoms with Gasteiger partial charge >= 0.3 is 12.1 Å². The molecule has 0 aromatic carbocycles. The molecule has 3 amide bonds. The number of nitrogens with two attached hydrogens (primary N) is 2. The van der Waals surface area contributed by atoms with Crippen LogP contribution in [0.3, 0.4) is 0 Å². The Hall–Kier alpha value is -1.98. The number of hydrogen-bond donors (Lipinski definition) is 5. The fraction of sp³-hybridized carbons (Fsp3) is 0.706. The van der Waals surface area contributed by atoms with E-state index in [1.807, 2.05) is 0 Å². The van der Waals surface area contributed by atoms with Crippen LogP contribution >= 0.6 is 12.4 Å². The summed E-state index contributed by atoms with van der Waals surface area (Å²) in [5.41, 5.74) is 0. The lowest BCUT2D eigenvalue weighted by atomic mass is 10.1. The topological polar surface area (TPSA) is 212 Å². The van der Waals surface area contributed by atoms with Crippen molar-refractivity contribution in [2.45, 2.75) is 36.2 Å². The lowest BCUT2D eigenvalue weighted by Gasteiger charge is -2.30. The maximum atomic E-state index is 11.2. The number of aromatic nitrogens is 2. The number of primary sulfonamides is 2. The first kappa shape index (κ1) is 32.0. The minimum absolute atomic E-state index is 0. The number of hydrogen-bond acceptors (Lipinski definition) is 8. The van der Waals surface area contributed by atoms with E-state index in [1.54, 1.807) is 31.4 Å². The predicted octanol–water partition coefficient (Wildman–Crippen LogP) is -1.40. The van der Waals surface area contributed by atoms with Gasteiger partial charge in [-0.1, -0.05) is 0 Å². The van der Waals surface area contributed by atoms with Crippen LogP contribution in [-0.4, -0.2) is 94.1 Å². The number of piperidine rings is 2. The molecule has 34 heavy (non-hydrogen) atoms. The minimum atomic E-state index is -3.44. The zero-order chi connectivity index (χ0) is 25.1. The number of carbonyl (C=O) groups is 2. The number of nitrogens with one attached hydrogen (secondary N) is 3. The quantitative estimate of drug-likeness (QED) is 0.296. The van der Waals surface area contributed by atoms with Crippen LogP contribution in [0.25, 0.3) is 0 Å². The van der Waals surface area contributed by atoms with E-state index in [2.05, 4.69) is 20.9 Å². The van der Waals surface area contributed by atoms with Crippen molar-refractivity contribution in [2.75, 3.05) is 40.3 Å². The molecule has 0 spiro atoms. The molecule has 198 valence electrons. The Morgan fingerprint density at radius 1 is 0.912 bits per heavy atom. The van der Waals surface area contributed by atoms with Crippen LogP contribution in [0.5, 0.6) is 0 Å². The Bertz CT molecular complexity index is 945. The summed E-state index contributed by atoms with van der Waals surface area (Å²) in [6, 6.07) is -0.342. The van der Waals surface area contributed by atoms with Crippen molar-refractivity contribution in [3.05, 3.63) is 18.7 Å². The van der Waals surface area contributed by atoms with Crippen molar-refractivity contribution in [3.8, 4) is 0 Å². The van der Waals surface area contributed by atoms with Gasteiger partial charge in [-0.25, -0.2) is 41.7 Å². The van der Waals surface area contributed by atoms with E-state index in [9.17, 15) is 26.4 Å². The molecule has 0 atom stereocenters. The van der Waals surface area contributed by atoms with E-state index < -0.39 is 25.3 Å². The summed E-state index contributed by atoms with van der Waals surface area (Å²) >= 11 is 0. The Labute approximate surface area is 206 Å². The van der Waals surface area contributed by atoms with Gasteiger partial charge < -0.3 is 20.9 Å². The Morgan fingerprint density at radius 2 is 1.38 bits per heavy atom. The van der Waals surface area contributed by atoms with Crippen molar-refractivity contribution >= 4 is 44.5 Å². The van der Waals surface area contributed by atoms with Crippen molar-refractivity contribution in [2.24, 2.45) is 10.3 Å². The number of urea groups is 1. The number of likely N-dealkylation sites (tertiary alicyclic amines) is 1. The summed E-state index contributed by atoms with van der Waals surface area (Å²) < 4.78 is 44.8. The summed E-state index contributed by atoms with van der Waals surface area (Å²) in [4.78, 5) is 27.1. The summed E-state index contributed by atoms with van der Waals surface area (Å²) in [6.45, 7) is 2.42. The number of imidazole rings is 1. The van der Waals surface area contributed by atoms with Crippen molar-refractivity contribution in [1.29, 1.82) is 0 Å². The zero-order valence-electron chi connectivity index (χ0n) is 19.2. The van der Waals surface area contributed by atoms with E-state index in [0.717, 1.165) is 13.1 Å². The molecule has 17 heteroatoms. The number of nitrogens with zero attached hydrogens (tertiary/aromatic N) is 3. The minimum Gasteiger partial charge on any atom is -0.341 e. The molecule has 0 aliphatic carbocycles.